The molecule has 0 spiro atoms. The van der Waals surface area contributed by atoms with E-state index in [0.29, 0.717) is 13.2 Å². The number of rotatable bonds is 2. The molecule has 28 heavy (non-hydrogen) atoms. The molecule has 1 N–H and O–H groups in total. The van der Waals surface area contributed by atoms with Crippen LogP contribution in [-0.2, 0) is 19.4 Å². The van der Waals surface area contributed by atoms with Crippen molar-refractivity contribution in [1.82, 2.24) is 5.32 Å². The molecule has 5 rings (SSSR count). The number of anilines is 1. The molecule has 0 saturated carbocycles. The van der Waals surface area contributed by atoms with Crippen molar-refractivity contribution in [3.8, 4) is 17.2 Å². The van der Waals surface area contributed by atoms with Crippen LogP contribution in [0.15, 0.2) is 24.3 Å². The molecule has 3 heterocycles. The quantitative estimate of drug-likeness (QED) is 0.854. The molecule has 3 aliphatic rings. The molecule has 0 unspecified atom stereocenters. The highest BCUT2D eigenvalue weighted by atomic mass is 19.3. The second kappa shape index (κ2) is 6.51. The molecule has 2 aromatic carbocycles. The Kier molecular flexibility index (Phi) is 4.08. The lowest BCUT2D eigenvalue weighted by Crippen LogP contribution is -2.33. The van der Waals surface area contributed by atoms with Gasteiger partial charge < -0.3 is 24.4 Å². The van der Waals surface area contributed by atoms with E-state index in [2.05, 4.69) is 32.7 Å². The second-order valence-electron chi connectivity index (χ2n) is 7.45. The van der Waals surface area contributed by atoms with Gasteiger partial charge in [0.1, 0.15) is 12.4 Å². The van der Waals surface area contributed by atoms with Gasteiger partial charge in [0.05, 0.1) is 12.2 Å². The molecule has 0 bridgehead atoms. The molecule has 5 nitrogen and oxygen atoms in total. The minimum atomic E-state index is -3.59. The first-order valence-corrected chi connectivity index (χ1v) is 9.63. The zero-order chi connectivity index (χ0) is 19.3. The van der Waals surface area contributed by atoms with Crippen LogP contribution in [0.3, 0.4) is 0 Å². The predicted molar refractivity (Wildman–Crippen MR) is 101 cm³/mol. The number of nitrogens with one attached hydrogen (secondary N) is 1. The third-order valence-electron chi connectivity index (χ3n) is 5.63. The number of benzene rings is 2. The molecule has 7 heteroatoms. The standard InChI is InChI=1S/C21H22F2N2O3/c1-13-16-5-7-24-6-4-15(16)11-19-20(13)25(8-9-26-19)12-14-2-3-17-18(10-14)28-21(22,23)27-17/h2-3,10-11,24H,4-9,12H2,1H3. The molecule has 2 aromatic rings. The summed E-state index contributed by atoms with van der Waals surface area (Å²) in [7, 11) is 0. The van der Waals surface area contributed by atoms with E-state index in [1.807, 2.05) is 0 Å². The van der Waals surface area contributed by atoms with E-state index in [1.54, 1.807) is 18.2 Å². The summed E-state index contributed by atoms with van der Waals surface area (Å²) < 4.78 is 41.7. The van der Waals surface area contributed by atoms with Crippen LogP contribution in [0.2, 0.25) is 0 Å². The van der Waals surface area contributed by atoms with Gasteiger partial charge in [-0.2, -0.15) is 0 Å². The first-order chi connectivity index (χ1) is 13.5. The fraction of sp³-hybridized carbons (Fsp3) is 0.429. The highest BCUT2D eigenvalue weighted by Crippen LogP contribution is 2.43. The largest absolute Gasteiger partial charge is 0.586 e. The van der Waals surface area contributed by atoms with Gasteiger partial charge in [0.15, 0.2) is 11.5 Å². The molecule has 0 amide bonds. The fourth-order valence-electron chi connectivity index (χ4n) is 4.37. The monoisotopic (exact) mass is 388 g/mol. The summed E-state index contributed by atoms with van der Waals surface area (Å²) in [6.45, 7) is 6.06. The predicted octanol–water partition coefficient (Wildman–Crippen LogP) is 3.40. The number of ether oxygens (including phenoxy) is 3. The number of hydrogen-bond donors (Lipinski definition) is 1. The van der Waals surface area contributed by atoms with Crippen LogP contribution >= 0.6 is 0 Å². The van der Waals surface area contributed by atoms with Gasteiger partial charge in [0.25, 0.3) is 0 Å². The molecular formula is C21H22F2N2O3. The maximum atomic E-state index is 13.3. The molecule has 0 atom stereocenters. The highest BCUT2D eigenvalue weighted by Gasteiger charge is 2.43. The van der Waals surface area contributed by atoms with Gasteiger partial charge in [-0.25, -0.2) is 0 Å². The summed E-state index contributed by atoms with van der Waals surface area (Å²) in [6, 6.07) is 7.16. The minimum absolute atomic E-state index is 0.0742. The Morgan fingerprint density at radius 1 is 1.07 bits per heavy atom. The minimum Gasteiger partial charge on any atom is -0.490 e. The fourth-order valence-corrected chi connectivity index (χ4v) is 4.37. The summed E-state index contributed by atoms with van der Waals surface area (Å²) in [5.74, 6) is 1.07. The molecule has 0 fully saturated rings. The van der Waals surface area contributed by atoms with E-state index in [9.17, 15) is 8.78 Å². The SMILES string of the molecule is Cc1c2c(cc3c1N(Cc1ccc4c(c1)OC(F)(F)O4)CCO3)CCNCC2. The number of halogens is 2. The number of alkyl halides is 2. The van der Waals surface area contributed by atoms with Crippen molar-refractivity contribution >= 4 is 5.69 Å². The second-order valence-corrected chi connectivity index (χ2v) is 7.45. The average Bonchev–Trinajstić information content (AvgIpc) is 2.80. The summed E-state index contributed by atoms with van der Waals surface area (Å²) in [5.41, 5.74) is 6.00. The van der Waals surface area contributed by atoms with Crippen LogP contribution in [-0.4, -0.2) is 32.5 Å². The van der Waals surface area contributed by atoms with Crippen LogP contribution in [0.25, 0.3) is 0 Å². The van der Waals surface area contributed by atoms with Crippen LogP contribution in [0, 0.1) is 6.92 Å². The first kappa shape index (κ1) is 17.6. The molecule has 0 aliphatic carbocycles. The molecule has 3 aliphatic heterocycles. The van der Waals surface area contributed by atoms with Gasteiger partial charge in [0.2, 0.25) is 0 Å². The average molecular weight is 388 g/mol. The van der Waals surface area contributed by atoms with E-state index in [1.165, 1.54) is 16.7 Å². The maximum Gasteiger partial charge on any atom is 0.586 e. The Hall–Kier alpha value is -2.54. The molecular weight excluding hydrogens is 366 g/mol. The molecule has 0 aromatic heterocycles. The number of fused-ring (bicyclic) bond motifs is 3. The van der Waals surface area contributed by atoms with Crippen molar-refractivity contribution in [3.05, 3.63) is 46.5 Å². The summed E-state index contributed by atoms with van der Waals surface area (Å²) in [4.78, 5) is 2.27. The van der Waals surface area contributed by atoms with Gasteiger partial charge in [-0.05, 0) is 73.3 Å². The Morgan fingerprint density at radius 2 is 1.89 bits per heavy atom. The normalized spacial score (nSPS) is 19.5. The zero-order valence-corrected chi connectivity index (χ0v) is 15.7. The van der Waals surface area contributed by atoms with E-state index in [4.69, 9.17) is 4.74 Å². The molecule has 0 saturated heterocycles. The lowest BCUT2D eigenvalue weighted by Gasteiger charge is -2.34. The molecule has 148 valence electrons. The van der Waals surface area contributed by atoms with Crippen molar-refractivity contribution in [3.63, 3.8) is 0 Å². The van der Waals surface area contributed by atoms with Crippen LogP contribution in [0.1, 0.15) is 22.3 Å². The number of nitrogens with zero attached hydrogens (tertiary/aromatic N) is 1. The first-order valence-electron chi connectivity index (χ1n) is 9.63. The summed E-state index contributed by atoms with van der Waals surface area (Å²) >= 11 is 0. The zero-order valence-electron chi connectivity index (χ0n) is 15.7. The van der Waals surface area contributed by atoms with E-state index >= 15 is 0 Å². The topological polar surface area (TPSA) is 43.0 Å². The number of hydrogen-bond acceptors (Lipinski definition) is 5. The van der Waals surface area contributed by atoms with E-state index in [-0.39, 0.29) is 11.5 Å². The van der Waals surface area contributed by atoms with Crippen molar-refractivity contribution in [2.75, 3.05) is 31.1 Å². The lowest BCUT2D eigenvalue weighted by atomic mass is 9.94. The van der Waals surface area contributed by atoms with Crippen LogP contribution < -0.4 is 24.4 Å². The van der Waals surface area contributed by atoms with Gasteiger partial charge in [0, 0.05) is 6.54 Å². The van der Waals surface area contributed by atoms with Crippen molar-refractivity contribution in [2.45, 2.75) is 32.6 Å². The lowest BCUT2D eigenvalue weighted by molar-refractivity contribution is -0.286. The van der Waals surface area contributed by atoms with Crippen molar-refractivity contribution < 1.29 is 23.0 Å². The van der Waals surface area contributed by atoms with Crippen LogP contribution in [0.4, 0.5) is 14.5 Å². The van der Waals surface area contributed by atoms with Crippen molar-refractivity contribution in [1.29, 1.82) is 0 Å². The Morgan fingerprint density at radius 3 is 2.79 bits per heavy atom. The van der Waals surface area contributed by atoms with Crippen molar-refractivity contribution in [2.24, 2.45) is 0 Å². The summed E-state index contributed by atoms with van der Waals surface area (Å²) in [5, 5.41) is 3.45. The Bertz CT molecular complexity index is 932. The van der Waals surface area contributed by atoms with E-state index in [0.717, 1.165) is 49.5 Å². The Labute approximate surface area is 162 Å². The van der Waals surface area contributed by atoms with Gasteiger partial charge in [-0.15, -0.1) is 8.78 Å². The third kappa shape index (κ3) is 3.03. The van der Waals surface area contributed by atoms with Gasteiger partial charge in [-0.1, -0.05) is 6.07 Å². The molecule has 0 radical (unpaired) electrons. The smallest absolute Gasteiger partial charge is 0.490 e. The van der Waals surface area contributed by atoms with Gasteiger partial charge >= 0.3 is 6.29 Å². The van der Waals surface area contributed by atoms with E-state index < -0.39 is 6.29 Å². The van der Waals surface area contributed by atoms with Gasteiger partial charge in [-0.3, -0.25) is 0 Å². The van der Waals surface area contributed by atoms with Crippen LogP contribution in [0.5, 0.6) is 17.2 Å². The third-order valence-corrected chi connectivity index (χ3v) is 5.63. The summed E-state index contributed by atoms with van der Waals surface area (Å²) in [6.07, 6.45) is -1.58. The Balaban J connectivity index is 1.47. The highest BCUT2D eigenvalue weighted by molar-refractivity contribution is 5.69. The maximum absolute atomic E-state index is 13.3.